The number of hydrogen-bond acceptors (Lipinski definition) is 4. The predicted molar refractivity (Wildman–Crippen MR) is 50.9 cm³/mol. The van der Waals surface area contributed by atoms with Crippen LogP contribution in [0.3, 0.4) is 0 Å². The monoisotopic (exact) mass is 192 g/mol. The molecule has 74 valence electrons. The Morgan fingerprint density at radius 1 is 1.64 bits per heavy atom. The van der Waals surface area contributed by atoms with E-state index in [-0.39, 0.29) is 6.10 Å². The molecule has 0 bridgehead atoms. The fourth-order valence-corrected chi connectivity index (χ4v) is 1.02. The standard InChI is InChI=1S/C10H12N2O2/c1-8(7-13-2)14-10-5-9(6-11)3-4-12-10/h3-5,8H,7H2,1-2H3. The summed E-state index contributed by atoms with van der Waals surface area (Å²) >= 11 is 0. The van der Waals surface area contributed by atoms with Crippen LogP contribution in [0.2, 0.25) is 0 Å². The summed E-state index contributed by atoms with van der Waals surface area (Å²) in [5, 5.41) is 8.64. The van der Waals surface area contributed by atoms with Crippen molar-refractivity contribution in [2.45, 2.75) is 13.0 Å². The SMILES string of the molecule is COCC(C)Oc1cc(C#N)ccn1. The first kappa shape index (κ1) is 10.5. The van der Waals surface area contributed by atoms with Gasteiger partial charge >= 0.3 is 0 Å². The second-order valence-corrected chi connectivity index (χ2v) is 2.88. The minimum Gasteiger partial charge on any atom is -0.472 e. The fourth-order valence-electron chi connectivity index (χ4n) is 1.02. The van der Waals surface area contributed by atoms with Crippen LogP contribution in [0.4, 0.5) is 0 Å². The molecule has 0 amide bonds. The molecule has 1 heterocycles. The van der Waals surface area contributed by atoms with Crippen molar-refractivity contribution in [2.24, 2.45) is 0 Å². The van der Waals surface area contributed by atoms with Crippen LogP contribution < -0.4 is 4.74 Å². The van der Waals surface area contributed by atoms with Gasteiger partial charge in [-0.1, -0.05) is 0 Å². The van der Waals surface area contributed by atoms with Crippen molar-refractivity contribution >= 4 is 0 Å². The first-order chi connectivity index (χ1) is 6.76. The van der Waals surface area contributed by atoms with Gasteiger partial charge in [0.05, 0.1) is 18.2 Å². The molecule has 0 fully saturated rings. The maximum absolute atomic E-state index is 8.64. The smallest absolute Gasteiger partial charge is 0.214 e. The van der Waals surface area contributed by atoms with Gasteiger partial charge in [0.2, 0.25) is 5.88 Å². The molecule has 0 saturated heterocycles. The zero-order valence-electron chi connectivity index (χ0n) is 8.23. The van der Waals surface area contributed by atoms with Crippen molar-refractivity contribution in [2.75, 3.05) is 13.7 Å². The van der Waals surface area contributed by atoms with Crippen molar-refractivity contribution in [1.29, 1.82) is 5.26 Å². The maximum atomic E-state index is 8.64. The molecule has 1 atom stereocenters. The molecule has 1 aromatic rings. The lowest BCUT2D eigenvalue weighted by atomic mass is 10.3. The molecule has 0 N–H and O–H groups in total. The summed E-state index contributed by atoms with van der Waals surface area (Å²) in [6.07, 6.45) is 1.48. The quantitative estimate of drug-likeness (QED) is 0.722. The Hall–Kier alpha value is -1.60. The molecule has 0 saturated carbocycles. The average molecular weight is 192 g/mol. The summed E-state index contributed by atoms with van der Waals surface area (Å²) in [4.78, 5) is 3.98. The van der Waals surface area contributed by atoms with Crippen LogP contribution in [0.1, 0.15) is 12.5 Å². The molecule has 0 aliphatic carbocycles. The summed E-state index contributed by atoms with van der Waals surface area (Å²) in [5.74, 6) is 0.452. The summed E-state index contributed by atoms with van der Waals surface area (Å²) in [7, 11) is 1.61. The molecule has 1 unspecified atom stereocenters. The van der Waals surface area contributed by atoms with Crippen LogP contribution in [-0.2, 0) is 4.74 Å². The molecule has 0 aliphatic heterocycles. The van der Waals surface area contributed by atoms with Gasteiger partial charge in [0.1, 0.15) is 6.10 Å². The van der Waals surface area contributed by atoms with Gasteiger partial charge in [-0.2, -0.15) is 5.26 Å². The molecule has 0 aliphatic rings. The zero-order chi connectivity index (χ0) is 10.4. The van der Waals surface area contributed by atoms with Crippen LogP contribution in [0.25, 0.3) is 0 Å². The van der Waals surface area contributed by atoms with Gasteiger partial charge in [-0.3, -0.25) is 0 Å². The first-order valence-corrected chi connectivity index (χ1v) is 4.28. The Balaban J connectivity index is 2.63. The van der Waals surface area contributed by atoms with Crippen molar-refractivity contribution in [3.8, 4) is 11.9 Å². The third-order valence-corrected chi connectivity index (χ3v) is 1.59. The Labute approximate surface area is 83.1 Å². The molecular weight excluding hydrogens is 180 g/mol. The van der Waals surface area contributed by atoms with Gasteiger partial charge in [0.15, 0.2) is 0 Å². The maximum Gasteiger partial charge on any atom is 0.214 e. The highest BCUT2D eigenvalue weighted by molar-refractivity contribution is 5.31. The number of rotatable bonds is 4. The molecule has 4 heteroatoms. The normalized spacial score (nSPS) is 11.8. The number of nitriles is 1. The lowest BCUT2D eigenvalue weighted by molar-refractivity contribution is 0.0890. The van der Waals surface area contributed by atoms with Gasteiger partial charge < -0.3 is 9.47 Å². The van der Waals surface area contributed by atoms with Crippen molar-refractivity contribution in [3.05, 3.63) is 23.9 Å². The van der Waals surface area contributed by atoms with E-state index in [0.29, 0.717) is 18.1 Å². The van der Waals surface area contributed by atoms with E-state index in [1.54, 1.807) is 25.4 Å². The number of hydrogen-bond donors (Lipinski definition) is 0. The molecule has 4 nitrogen and oxygen atoms in total. The third kappa shape index (κ3) is 3.04. The van der Waals surface area contributed by atoms with E-state index >= 15 is 0 Å². The van der Waals surface area contributed by atoms with E-state index in [1.807, 2.05) is 13.0 Å². The van der Waals surface area contributed by atoms with Crippen LogP contribution >= 0.6 is 0 Å². The highest BCUT2D eigenvalue weighted by Crippen LogP contribution is 2.10. The largest absolute Gasteiger partial charge is 0.472 e. The number of nitrogens with zero attached hydrogens (tertiary/aromatic N) is 2. The molecule has 0 spiro atoms. The number of methoxy groups -OCH3 is 1. The van der Waals surface area contributed by atoms with Crippen LogP contribution in [-0.4, -0.2) is 24.8 Å². The predicted octanol–water partition coefficient (Wildman–Crippen LogP) is 1.37. The summed E-state index contributed by atoms with van der Waals surface area (Å²) in [5.41, 5.74) is 0.541. The van der Waals surface area contributed by atoms with Crippen molar-refractivity contribution < 1.29 is 9.47 Å². The third-order valence-electron chi connectivity index (χ3n) is 1.59. The van der Waals surface area contributed by atoms with E-state index in [0.717, 1.165) is 0 Å². The first-order valence-electron chi connectivity index (χ1n) is 4.28. The van der Waals surface area contributed by atoms with Crippen LogP contribution in [0.5, 0.6) is 5.88 Å². The number of aromatic nitrogens is 1. The Kier molecular flexibility index (Phi) is 3.89. The van der Waals surface area contributed by atoms with E-state index in [4.69, 9.17) is 14.7 Å². The number of pyridine rings is 1. The Morgan fingerprint density at radius 2 is 2.43 bits per heavy atom. The van der Waals surface area contributed by atoms with Gasteiger partial charge in [0.25, 0.3) is 0 Å². The van der Waals surface area contributed by atoms with E-state index in [1.165, 1.54) is 0 Å². The molecule has 1 rings (SSSR count). The van der Waals surface area contributed by atoms with Gasteiger partial charge in [0, 0.05) is 19.4 Å². The second kappa shape index (κ2) is 5.20. The van der Waals surface area contributed by atoms with Crippen LogP contribution in [0, 0.1) is 11.3 Å². The lowest BCUT2D eigenvalue weighted by Crippen LogP contribution is -2.18. The molecule has 0 radical (unpaired) electrons. The van der Waals surface area contributed by atoms with E-state index in [9.17, 15) is 0 Å². The molecular formula is C10H12N2O2. The van der Waals surface area contributed by atoms with Gasteiger partial charge in [-0.15, -0.1) is 0 Å². The Morgan fingerprint density at radius 3 is 3.07 bits per heavy atom. The fraction of sp³-hybridized carbons (Fsp3) is 0.400. The molecule has 0 aromatic carbocycles. The highest BCUT2D eigenvalue weighted by Gasteiger charge is 2.04. The second-order valence-electron chi connectivity index (χ2n) is 2.88. The summed E-state index contributed by atoms with van der Waals surface area (Å²) in [6.45, 7) is 2.38. The molecule has 14 heavy (non-hydrogen) atoms. The average Bonchev–Trinajstić information content (AvgIpc) is 2.18. The minimum absolute atomic E-state index is 0.0681. The minimum atomic E-state index is -0.0681. The van der Waals surface area contributed by atoms with Crippen molar-refractivity contribution in [3.63, 3.8) is 0 Å². The Bertz CT molecular complexity index is 333. The van der Waals surface area contributed by atoms with Gasteiger partial charge in [-0.25, -0.2) is 4.98 Å². The topological polar surface area (TPSA) is 55.1 Å². The zero-order valence-corrected chi connectivity index (χ0v) is 8.23. The molecule has 1 aromatic heterocycles. The summed E-state index contributed by atoms with van der Waals surface area (Å²) < 4.78 is 10.3. The number of ether oxygens (including phenoxy) is 2. The lowest BCUT2D eigenvalue weighted by Gasteiger charge is -2.12. The van der Waals surface area contributed by atoms with Crippen molar-refractivity contribution in [1.82, 2.24) is 4.98 Å². The summed E-state index contributed by atoms with van der Waals surface area (Å²) in [6, 6.07) is 5.26. The van der Waals surface area contributed by atoms with Gasteiger partial charge in [-0.05, 0) is 13.0 Å². The highest BCUT2D eigenvalue weighted by atomic mass is 16.5. The van der Waals surface area contributed by atoms with E-state index < -0.39 is 0 Å². The van der Waals surface area contributed by atoms with E-state index in [2.05, 4.69) is 4.98 Å². The van der Waals surface area contributed by atoms with Crippen LogP contribution in [0.15, 0.2) is 18.3 Å².